The lowest BCUT2D eigenvalue weighted by molar-refractivity contribution is -0.840. The van der Waals surface area contributed by atoms with Crippen LogP contribution in [0.1, 0.15) is 6.92 Å². The largest absolute Gasteiger partial charge is 0.545 e. The van der Waals surface area contributed by atoms with Crippen molar-refractivity contribution in [2.24, 2.45) is 11.8 Å². The lowest BCUT2D eigenvalue weighted by Crippen LogP contribution is -3.08. The predicted octanol–water partition coefficient (Wildman–Crippen LogP) is -3.33. The third-order valence-corrected chi connectivity index (χ3v) is 6.57. The Balaban J connectivity index is 1.88. The number of carboxylic acid groups (broad SMARTS) is 1. The van der Waals surface area contributed by atoms with Gasteiger partial charge in [-0.1, -0.05) is 18.2 Å². The maximum atomic E-state index is 12.5. The van der Waals surface area contributed by atoms with E-state index in [9.17, 15) is 35.1 Å². The van der Waals surface area contributed by atoms with Gasteiger partial charge in [0.1, 0.15) is 37.2 Å². The molecule has 0 bridgehead atoms. The minimum absolute atomic E-state index is 0.0440. The van der Waals surface area contributed by atoms with Crippen molar-refractivity contribution in [1.82, 2.24) is 0 Å². The van der Waals surface area contributed by atoms with Crippen LogP contribution in [0.4, 0.5) is 0 Å². The van der Waals surface area contributed by atoms with Gasteiger partial charge in [-0.2, -0.15) is 0 Å². The topological polar surface area (TPSA) is 179 Å². The van der Waals surface area contributed by atoms with Gasteiger partial charge in [-0.25, -0.2) is 4.79 Å². The number of ether oxygens (including phenoxy) is 4. The van der Waals surface area contributed by atoms with Crippen molar-refractivity contribution < 1.29 is 59.0 Å². The Labute approximate surface area is 214 Å². The molecule has 0 aromatic heterocycles. The van der Waals surface area contributed by atoms with Crippen molar-refractivity contribution in [2.45, 2.75) is 43.9 Å². The summed E-state index contributed by atoms with van der Waals surface area (Å²) in [5.74, 6) is -3.38. The number of quaternary nitrogens is 1. The van der Waals surface area contributed by atoms with Crippen LogP contribution in [0.5, 0.6) is 0 Å². The average molecular weight is 524 g/mol. The molecule has 0 radical (unpaired) electrons. The monoisotopic (exact) mass is 523 g/mol. The summed E-state index contributed by atoms with van der Waals surface area (Å²) in [5, 5.41) is 51.3. The molecule has 0 amide bonds. The van der Waals surface area contributed by atoms with E-state index in [-0.39, 0.29) is 11.1 Å². The molecule has 9 atom stereocenters. The van der Waals surface area contributed by atoms with Crippen LogP contribution >= 0.6 is 0 Å². The Hall–Kier alpha value is -2.84. The van der Waals surface area contributed by atoms with Gasteiger partial charge in [0, 0.05) is 11.5 Å². The first-order valence-electron chi connectivity index (χ1n) is 11.8. The van der Waals surface area contributed by atoms with Gasteiger partial charge in [0.25, 0.3) is 0 Å². The summed E-state index contributed by atoms with van der Waals surface area (Å²) in [4.78, 5) is 24.8. The number of nitrogens with one attached hydrogen (secondary N) is 1. The van der Waals surface area contributed by atoms with Crippen molar-refractivity contribution in [3.8, 4) is 0 Å². The van der Waals surface area contributed by atoms with Gasteiger partial charge in [0.2, 0.25) is 6.29 Å². The molecule has 37 heavy (non-hydrogen) atoms. The van der Waals surface area contributed by atoms with E-state index in [0.717, 1.165) is 11.2 Å². The van der Waals surface area contributed by atoms with Crippen LogP contribution in [0.25, 0.3) is 0 Å². The summed E-state index contributed by atoms with van der Waals surface area (Å²) in [7, 11) is 1.21. The Bertz CT molecular complexity index is 985. The Morgan fingerprint density at radius 1 is 1.24 bits per heavy atom. The molecule has 3 rings (SSSR count). The van der Waals surface area contributed by atoms with Gasteiger partial charge in [0.05, 0.1) is 49.6 Å². The maximum Gasteiger partial charge on any atom is 0.337 e. The number of carboxylic acids is 1. The number of allylic oxidation sites excluding steroid dienone is 1. The zero-order valence-corrected chi connectivity index (χ0v) is 20.6. The summed E-state index contributed by atoms with van der Waals surface area (Å²) in [5.41, 5.74) is 0.870. The molecule has 0 aromatic rings. The van der Waals surface area contributed by atoms with Crippen LogP contribution in [-0.2, 0) is 28.5 Å². The van der Waals surface area contributed by atoms with Crippen molar-refractivity contribution in [2.75, 3.05) is 26.8 Å². The lowest BCUT2D eigenvalue weighted by atomic mass is 9.83. The number of aliphatic carboxylic acids is 1. The number of rotatable bonds is 9. The van der Waals surface area contributed by atoms with E-state index in [1.165, 1.54) is 19.3 Å². The number of hydrogen-bond acceptors (Lipinski definition) is 11. The number of methoxy groups -OCH3 is 1. The number of esters is 1. The normalized spacial score (nSPS) is 36.2. The molecule has 204 valence electrons. The maximum absolute atomic E-state index is 12.5. The highest BCUT2D eigenvalue weighted by Gasteiger charge is 2.47. The Kier molecular flexibility index (Phi) is 9.79. The fraction of sp³-hybridized carbons (Fsp3) is 0.520. The summed E-state index contributed by atoms with van der Waals surface area (Å²) < 4.78 is 21.7. The Morgan fingerprint density at radius 3 is 2.57 bits per heavy atom. The van der Waals surface area contributed by atoms with Gasteiger partial charge in [-0.05, 0) is 13.0 Å². The fourth-order valence-electron chi connectivity index (χ4n) is 4.42. The molecule has 1 fully saturated rings. The van der Waals surface area contributed by atoms with E-state index >= 15 is 0 Å². The molecule has 0 spiro atoms. The molecule has 3 aliphatic heterocycles. The number of carbonyl (C=O) groups is 2. The molecule has 5 N–H and O–H groups in total. The van der Waals surface area contributed by atoms with Gasteiger partial charge in [-0.15, -0.1) is 6.58 Å². The highest BCUT2D eigenvalue weighted by atomic mass is 16.8. The molecule has 12 nitrogen and oxygen atoms in total. The zero-order chi connectivity index (χ0) is 27.3. The van der Waals surface area contributed by atoms with E-state index in [2.05, 4.69) is 6.58 Å². The third kappa shape index (κ3) is 6.36. The van der Waals surface area contributed by atoms with Crippen LogP contribution in [0.15, 0.2) is 60.1 Å². The van der Waals surface area contributed by atoms with Crippen molar-refractivity contribution in [1.29, 1.82) is 0 Å². The smallest absolute Gasteiger partial charge is 0.337 e. The number of hydrogen-bond donors (Lipinski definition) is 5. The molecular formula is C25H33NO11. The number of aliphatic hydroxyl groups excluding tert-OH is 4. The first-order valence-corrected chi connectivity index (χ1v) is 11.8. The summed E-state index contributed by atoms with van der Waals surface area (Å²) >= 11 is 0. The van der Waals surface area contributed by atoms with E-state index in [0.29, 0.717) is 18.7 Å². The SMILES string of the molecule is C=CC1C(OC2OC(CO)C(O)C(O)C2O)OC=C(C(=O)OC)C1C=CC1=CC(C(=O)[O-])=C[NH+](CC)C1. The fourth-order valence-corrected chi connectivity index (χ4v) is 4.42. The number of aliphatic hydroxyl groups is 4. The summed E-state index contributed by atoms with van der Waals surface area (Å²) in [6, 6.07) is 0. The first kappa shape index (κ1) is 28.7. The van der Waals surface area contributed by atoms with Crippen LogP contribution in [-0.4, -0.2) is 96.2 Å². The second-order valence-corrected chi connectivity index (χ2v) is 8.90. The van der Waals surface area contributed by atoms with Crippen LogP contribution < -0.4 is 10.0 Å². The summed E-state index contributed by atoms with van der Waals surface area (Å²) in [6.45, 7) is 6.25. The standard InChI is InChI=1S/C25H33NO11/c1-4-15-16(7-6-13-8-14(22(31)32)10-26(5-2)9-13)17(23(33)34-3)12-35-24(15)37-25-21(30)20(29)19(28)18(11-27)36-25/h4,6-8,10,12,15-16,18-21,24-25,27-30H,1,5,9,11H2,2-3H3,(H,31,32). The second kappa shape index (κ2) is 12.6. The second-order valence-electron chi connectivity index (χ2n) is 8.90. The third-order valence-electron chi connectivity index (χ3n) is 6.57. The highest BCUT2D eigenvalue weighted by Crippen LogP contribution is 2.36. The van der Waals surface area contributed by atoms with Gasteiger partial charge in [-0.3, -0.25) is 0 Å². The Morgan fingerprint density at radius 2 is 1.97 bits per heavy atom. The van der Waals surface area contributed by atoms with E-state index < -0.39 is 67.4 Å². The molecular weight excluding hydrogens is 490 g/mol. The molecule has 0 aliphatic carbocycles. The lowest BCUT2D eigenvalue weighted by Gasteiger charge is -2.42. The van der Waals surface area contributed by atoms with Gasteiger partial charge < -0.3 is 54.2 Å². The molecule has 3 heterocycles. The van der Waals surface area contributed by atoms with Crippen LogP contribution in [0, 0.1) is 11.8 Å². The number of carbonyl (C=O) groups excluding carboxylic acids is 2. The molecule has 12 heteroatoms. The minimum atomic E-state index is -1.66. The van der Waals surface area contributed by atoms with Crippen molar-refractivity contribution in [3.05, 3.63) is 60.1 Å². The quantitative estimate of drug-likeness (QED) is 0.151. The predicted molar refractivity (Wildman–Crippen MR) is 124 cm³/mol. The number of likely N-dealkylation sites (N-methyl/N-ethyl adjacent to an activating group) is 1. The van der Waals surface area contributed by atoms with Crippen LogP contribution in [0.3, 0.4) is 0 Å². The van der Waals surface area contributed by atoms with E-state index in [1.54, 1.807) is 18.4 Å². The van der Waals surface area contributed by atoms with Crippen molar-refractivity contribution in [3.63, 3.8) is 0 Å². The molecule has 0 saturated carbocycles. The highest BCUT2D eigenvalue weighted by molar-refractivity contribution is 5.89. The first-order chi connectivity index (χ1) is 17.6. The van der Waals surface area contributed by atoms with E-state index in [4.69, 9.17) is 18.9 Å². The van der Waals surface area contributed by atoms with Crippen molar-refractivity contribution >= 4 is 11.9 Å². The summed E-state index contributed by atoms with van der Waals surface area (Å²) in [6.07, 6.45) is 0.414. The molecule has 3 aliphatic rings. The molecule has 9 unspecified atom stereocenters. The van der Waals surface area contributed by atoms with Gasteiger partial charge >= 0.3 is 5.97 Å². The zero-order valence-electron chi connectivity index (χ0n) is 20.6. The van der Waals surface area contributed by atoms with E-state index in [1.807, 2.05) is 6.92 Å². The minimum Gasteiger partial charge on any atom is -0.545 e. The molecule has 1 saturated heterocycles. The average Bonchev–Trinajstić information content (AvgIpc) is 2.91. The van der Waals surface area contributed by atoms with Gasteiger partial charge in [0.15, 0.2) is 6.29 Å². The van der Waals surface area contributed by atoms with Crippen LogP contribution in [0.2, 0.25) is 0 Å². The molecule has 0 aromatic carbocycles.